The van der Waals surface area contributed by atoms with E-state index in [1.807, 2.05) is 6.07 Å². The zero-order valence-corrected chi connectivity index (χ0v) is 9.36. The van der Waals surface area contributed by atoms with Crippen molar-refractivity contribution in [1.82, 2.24) is 0 Å². The van der Waals surface area contributed by atoms with Gasteiger partial charge in [-0.15, -0.1) is 0 Å². The molecule has 1 aromatic rings. The van der Waals surface area contributed by atoms with Crippen LogP contribution in [0.15, 0.2) is 24.3 Å². The van der Waals surface area contributed by atoms with Crippen molar-refractivity contribution in [2.24, 2.45) is 0 Å². The van der Waals surface area contributed by atoms with Crippen molar-refractivity contribution in [1.29, 1.82) is 0 Å². The third-order valence-electron chi connectivity index (χ3n) is 2.47. The van der Waals surface area contributed by atoms with E-state index in [9.17, 15) is 4.79 Å². The molecule has 0 heterocycles. The van der Waals surface area contributed by atoms with E-state index in [2.05, 4.69) is 32.0 Å². The number of carboxylic acids is 1. The van der Waals surface area contributed by atoms with E-state index in [4.69, 9.17) is 5.11 Å². The van der Waals surface area contributed by atoms with E-state index in [0.717, 1.165) is 12.8 Å². The molecule has 0 amide bonds. The number of hydrogen-bond donors (Lipinski definition) is 1. The summed E-state index contributed by atoms with van der Waals surface area (Å²) in [5, 5.41) is 8.53. The number of hydrogen-bond acceptors (Lipinski definition) is 1. The van der Waals surface area contributed by atoms with Gasteiger partial charge in [-0.1, -0.05) is 38.1 Å². The molecule has 0 saturated heterocycles. The van der Waals surface area contributed by atoms with E-state index in [1.165, 1.54) is 11.1 Å². The van der Waals surface area contributed by atoms with Gasteiger partial charge in [-0.2, -0.15) is 0 Å². The topological polar surface area (TPSA) is 37.3 Å². The van der Waals surface area contributed by atoms with Crippen molar-refractivity contribution in [3.63, 3.8) is 0 Å². The highest BCUT2D eigenvalue weighted by atomic mass is 16.4. The van der Waals surface area contributed by atoms with Crippen LogP contribution in [0.4, 0.5) is 0 Å². The van der Waals surface area contributed by atoms with Crippen molar-refractivity contribution in [2.45, 2.75) is 39.0 Å². The summed E-state index contributed by atoms with van der Waals surface area (Å²) in [4.78, 5) is 10.4. The van der Waals surface area contributed by atoms with Gasteiger partial charge in [0, 0.05) is 6.42 Å². The van der Waals surface area contributed by atoms with E-state index < -0.39 is 5.97 Å². The van der Waals surface area contributed by atoms with Gasteiger partial charge < -0.3 is 5.11 Å². The average molecular weight is 206 g/mol. The summed E-state index contributed by atoms with van der Waals surface area (Å²) < 4.78 is 0. The standard InChI is InChI=1S/C13H18O2/c1-10(2)12-7-3-5-11(9-12)6-4-8-13(14)15/h3,5,7,9-10H,4,6,8H2,1-2H3,(H,14,15). The first-order valence-corrected chi connectivity index (χ1v) is 5.40. The lowest BCUT2D eigenvalue weighted by molar-refractivity contribution is -0.137. The molecule has 0 atom stereocenters. The molecule has 0 spiro atoms. The van der Waals surface area contributed by atoms with Gasteiger partial charge in [0.25, 0.3) is 0 Å². The normalized spacial score (nSPS) is 10.6. The Morgan fingerprint density at radius 2 is 2.13 bits per heavy atom. The van der Waals surface area contributed by atoms with E-state index in [-0.39, 0.29) is 6.42 Å². The first-order chi connectivity index (χ1) is 7.09. The minimum absolute atomic E-state index is 0.256. The molecule has 82 valence electrons. The highest BCUT2D eigenvalue weighted by Crippen LogP contribution is 2.16. The molecular formula is C13H18O2. The third-order valence-corrected chi connectivity index (χ3v) is 2.47. The van der Waals surface area contributed by atoms with Gasteiger partial charge in [0.1, 0.15) is 0 Å². The molecule has 0 aliphatic carbocycles. The minimum Gasteiger partial charge on any atom is -0.481 e. The molecule has 0 aliphatic heterocycles. The molecule has 0 bridgehead atoms. The van der Waals surface area contributed by atoms with Crippen molar-refractivity contribution in [2.75, 3.05) is 0 Å². The van der Waals surface area contributed by atoms with Crippen molar-refractivity contribution < 1.29 is 9.90 Å². The largest absolute Gasteiger partial charge is 0.481 e. The van der Waals surface area contributed by atoms with Gasteiger partial charge in [-0.05, 0) is 29.9 Å². The van der Waals surface area contributed by atoms with Gasteiger partial charge in [-0.3, -0.25) is 4.79 Å². The Kier molecular flexibility index (Phi) is 4.35. The van der Waals surface area contributed by atoms with Crippen LogP contribution in [-0.4, -0.2) is 11.1 Å². The average Bonchev–Trinajstić information content (AvgIpc) is 2.17. The van der Waals surface area contributed by atoms with Crippen LogP contribution in [-0.2, 0) is 11.2 Å². The second kappa shape index (κ2) is 5.54. The Bertz CT molecular complexity index is 329. The maximum atomic E-state index is 10.4. The molecule has 0 fully saturated rings. The number of carbonyl (C=O) groups is 1. The van der Waals surface area contributed by atoms with E-state index >= 15 is 0 Å². The van der Waals surface area contributed by atoms with Crippen molar-refractivity contribution in [3.8, 4) is 0 Å². The second-order valence-corrected chi connectivity index (χ2v) is 4.15. The zero-order valence-electron chi connectivity index (χ0n) is 9.36. The summed E-state index contributed by atoms with van der Waals surface area (Å²) in [7, 11) is 0. The third kappa shape index (κ3) is 4.15. The van der Waals surface area contributed by atoms with Gasteiger partial charge in [0.2, 0.25) is 0 Å². The molecular weight excluding hydrogens is 188 g/mol. The Hall–Kier alpha value is -1.31. The monoisotopic (exact) mass is 206 g/mol. The Labute approximate surface area is 90.9 Å². The fraction of sp³-hybridized carbons (Fsp3) is 0.462. The van der Waals surface area contributed by atoms with Crippen LogP contribution in [0, 0.1) is 0 Å². The molecule has 2 nitrogen and oxygen atoms in total. The number of carboxylic acid groups (broad SMARTS) is 1. The Morgan fingerprint density at radius 1 is 1.40 bits per heavy atom. The number of benzene rings is 1. The molecule has 0 saturated carbocycles. The van der Waals surface area contributed by atoms with Crippen LogP contribution < -0.4 is 0 Å². The van der Waals surface area contributed by atoms with Gasteiger partial charge in [-0.25, -0.2) is 0 Å². The summed E-state index contributed by atoms with van der Waals surface area (Å²) in [5.74, 6) is -0.181. The predicted molar refractivity (Wildman–Crippen MR) is 61.1 cm³/mol. The van der Waals surface area contributed by atoms with Gasteiger partial charge in [0.15, 0.2) is 0 Å². The highest BCUT2D eigenvalue weighted by Gasteiger charge is 2.01. The Morgan fingerprint density at radius 3 is 2.73 bits per heavy atom. The minimum atomic E-state index is -0.713. The van der Waals surface area contributed by atoms with Gasteiger partial charge >= 0.3 is 5.97 Å². The fourth-order valence-corrected chi connectivity index (χ4v) is 1.55. The van der Waals surface area contributed by atoms with Gasteiger partial charge in [0.05, 0.1) is 0 Å². The highest BCUT2D eigenvalue weighted by molar-refractivity contribution is 5.66. The number of aryl methyl sites for hydroxylation is 1. The maximum Gasteiger partial charge on any atom is 0.303 e. The quantitative estimate of drug-likeness (QED) is 0.803. The zero-order chi connectivity index (χ0) is 11.3. The van der Waals surface area contributed by atoms with Crippen LogP contribution in [0.1, 0.15) is 43.7 Å². The molecule has 0 unspecified atom stereocenters. The summed E-state index contributed by atoms with van der Waals surface area (Å²) in [6, 6.07) is 8.40. The summed E-state index contributed by atoms with van der Waals surface area (Å²) >= 11 is 0. The molecule has 1 rings (SSSR count). The smallest absolute Gasteiger partial charge is 0.303 e. The first kappa shape index (κ1) is 11.8. The molecule has 1 aromatic carbocycles. The molecule has 1 N–H and O–H groups in total. The van der Waals surface area contributed by atoms with Crippen molar-refractivity contribution in [3.05, 3.63) is 35.4 Å². The van der Waals surface area contributed by atoms with Crippen LogP contribution in [0.25, 0.3) is 0 Å². The van der Waals surface area contributed by atoms with Crippen LogP contribution in [0.3, 0.4) is 0 Å². The summed E-state index contributed by atoms with van der Waals surface area (Å²) in [5.41, 5.74) is 2.56. The molecule has 0 aromatic heterocycles. The lowest BCUT2D eigenvalue weighted by Gasteiger charge is -2.07. The molecule has 15 heavy (non-hydrogen) atoms. The lowest BCUT2D eigenvalue weighted by atomic mass is 9.99. The van der Waals surface area contributed by atoms with Crippen LogP contribution >= 0.6 is 0 Å². The van der Waals surface area contributed by atoms with E-state index in [0.29, 0.717) is 5.92 Å². The lowest BCUT2D eigenvalue weighted by Crippen LogP contribution is -1.96. The summed E-state index contributed by atoms with van der Waals surface area (Å²) in [6.45, 7) is 4.33. The second-order valence-electron chi connectivity index (χ2n) is 4.15. The number of rotatable bonds is 5. The molecule has 0 radical (unpaired) electrons. The molecule has 0 aliphatic rings. The van der Waals surface area contributed by atoms with E-state index in [1.54, 1.807) is 0 Å². The predicted octanol–water partition coefficient (Wildman–Crippen LogP) is 3.22. The summed E-state index contributed by atoms with van der Waals surface area (Å²) in [6.07, 6.45) is 1.83. The maximum absolute atomic E-state index is 10.4. The van der Waals surface area contributed by atoms with Crippen molar-refractivity contribution >= 4 is 5.97 Å². The fourth-order valence-electron chi connectivity index (χ4n) is 1.55. The van der Waals surface area contributed by atoms with Crippen LogP contribution in [0.5, 0.6) is 0 Å². The first-order valence-electron chi connectivity index (χ1n) is 5.40. The molecule has 2 heteroatoms. The Balaban J connectivity index is 2.54. The van der Waals surface area contributed by atoms with Crippen LogP contribution in [0.2, 0.25) is 0 Å². The number of aliphatic carboxylic acids is 1. The SMILES string of the molecule is CC(C)c1cccc(CCCC(=O)O)c1.